The first-order valence-corrected chi connectivity index (χ1v) is 5.76. The first-order valence-electron chi connectivity index (χ1n) is 5.76. The minimum Gasteiger partial charge on any atom is -0.275 e. The zero-order valence-electron chi connectivity index (χ0n) is 12.6. The van der Waals surface area contributed by atoms with Crippen molar-refractivity contribution in [3.63, 3.8) is 0 Å². The number of rotatable bonds is 1. The van der Waals surface area contributed by atoms with Crippen LogP contribution < -0.4 is 67.6 Å². The maximum absolute atomic E-state index is 9.71. The zero-order chi connectivity index (χ0) is 18.4. The van der Waals surface area contributed by atoms with Crippen LogP contribution in [0.25, 0.3) is 0 Å². The van der Waals surface area contributed by atoms with E-state index in [2.05, 4.69) is 48.9 Å². The van der Waals surface area contributed by atoms with Crippen molar-refractivity contribution in [1.29, 1.82) is 0 Å². The summed E-state index contributed by atoms with van der Waals surface area (Å²) in [6, 6.07) is -1.81. The fourth-order valence-corrected chi connectivity index (χ4v) is 0.125. The second-order valence-corrected chi connectivity index (χ2v) is 2.85. The Kier molecular flexibility index (Phi) is 34.2. The smallest absolute Gasteiger partial charge is 0.275 e. The molecule has 0 rings (SSSR count). The van der Waals surface area contributed by atoms with Gasteiger partial charge in [0.05, 0.1) is 0 Å². The van der Waals surface area contributed by atoms with E-state index in [9.17, 15) is 14.4 Å². The minimum atomic E-state index is -0.602. The molecule has 134 valence electrons. The van der Waals surface area contributed by atoms with Gasteiger partial charge < -0.3 is 0 Å². The first kappa shape index (κ1) is 27.8. The van der Waals surface area contributed by atoms with Crippen molar-refractivity contribution in [3.05, 3.63) is 0 Å². The molecule has 0 saturated heterocycles. The molecule has 0 fully saturated rings. The molecule has 15 heteroatoms. The van der Waals surface area contributed by atoms with Crippen LogP contribution in [0.2, 0.25) is 0 Å². The van der Waals surface area contributed by atoms with Crippen LogP contribution >= 0.6 is 0 Å². The SMILES string of the molecule is CCCC.NNC(=O)NN.NNC(=O)NN.NNC(=O)NN. The lowest BCUT2D eigenvalue weighted by Crippen LogP contribution is -2.43. The Morgan fingerprint density at radius 1 is 0.545 bits per heavy atom. The standard InChI is InChI=1S/C4H10.3CH6N4O/c1-3-4-2;3*2-4-1(6)5-3/h3-4H2,1-2H3;3*2-3H2,(H2,4,5,6). The van der Waals surface area contributed by atoms with Gasteiger partial charge in [-0.05, 0) is 0 Å². The van der Waals surface area contributed by atoms with Crippen LogP contribution in [0.5, 0.6) is 0 Å². The Labute approximate surface area is 128 Å². The summed E-state index contributed by atoms with van der Waals surface area (Å²) < 4.78 is 0. The second-order valence-electron chi connectivity index (χ2n) is 2.85. The summed E-state index contributed by atoms with van der Waals surface area (Å²) in [5.74, 6) is 27.2. The number of hydrogen-bond donors (Lipinski definition) is 12. The summed E-state index contributed by atoms with van der Waals surface area (Å²) in [5, 5.41) is 0. The number of carbonyl (C=O) groups is 3. The first-order chi connectivity index (χ1) is 10.3. The van der Waals surface area contributed by atoms with Gasteiger partial charge in [0.25, 0.3) is 0 Å². The monoisotopic (exact) mass is 328 g/mol. The van der Waals surface area contributed by atoms with Gasteiger partial charge in [0.15, 0.2) is 0 Å². The minimum absolute atomic E-state index is 0.602. The van der Waals surface area contributed by atoms with Crippen molar-refractivity contribution >= 4 is 18.1 Å². The van der Waals surface area contributed by atoms with Crippen LogP contribution in [0.3, 0.4) is 0 Å². The maximum Gasteiger partial charge on any atom is 0.343 e. The molecule has 15 nitrogen and oxygen atoms in total. The van der Waals surface area contributed by atoms with E-state index in [1.807, 2.05) is 0 Å². The number of carbonyl (C=O) groups excluding carboxylic acids is 3. The largest absolute Gasteiger partial charge is 0.343 e. The van der Waals surface area contributed by atoms with Crippen LogP contribution in [0.15, 0.2) is 0 Å². The van der Waals surface area contributed by atoms with Crippen LogP contribution in [0.1, 0.15) is 26.7 Å². The molecule has 0 radical (unpaired) electrons. The Bertz CT molecular complexity index is 205. The predicted octanol–water partition coefficient (Wildman–Crippen LogP) is -4.09. The summed E-state index contributed by atoms with van der Waals surface area (Å²) in [6.07, 6.45) is 2.64. The lowest BCUT2D eigenvalue weighted by Gasteiger charge is -1.90. The molecule has 0 spiro atoms. The van der Waals surface area contributed by atoms with E-state index in [1.54, 1.807) is 32.6 Å². The maximum atomic E-state index is 9.71. The Morgan fingerprint density at radius 2 is 0.682 bits per heavy atom. The average molecular weight is 328 g/mol. The van der Waals surface area contributed by atoms with Gasteiger partial charge in [-0.15, -0.1) is 0 Å². The van der Waals surface area contributed by atoms with E-state index in [-0.39, 0.29) is 0 Å². The highest BCUT2D eigenvalue weighted by molar-refractivity contribution is 5.72. The third kappa shape index (κ3) is 43.2. The Balaban J connectivity index is -0.0000000994. The van der Waals surface area contributed by atoms with E-state index < -0.39 is 18.1 Å². The van der Waals surface area contributed by atoms with Crippen molar-refractivity contribution in [2.24, 2.45) is 35.1 Å². The van der Waals surface area contributed by atoms with Crippen LogP contribution in [-0.2, 0) is 0 Å². The Morgan fingerprint density at radius 3 is 0.682 bits per heavy atom. The molecule has 0 aliphatic carbocycles. The van der Waals surface area contributed by atoms with Gasteiger partial charge in [0.2, 0.25) is 0 Å². The molecule has 0 heterocycles. The van der Waals surface area contributed by atoms with Gasteiger partial charge in [0, 0.05) is 0 Å². The van der Waals surface area contributed by atoms with Gasteiger partial charge in [-0.2, -0.15) is 0 Å². The molecule has 22 heavy (non-hydrogen) atoms. The average Bonchev–Trinajstić information content (AvgIpc) is 2.60. The molecule has 0 aliphatic heterocycles. The highest BCUT2D eigenvalue weighted by atomic mass is 16.2. The highest BCUT2D eigenvalue weighted by Crippen LogP contribution is 1.76. The van der Waals surface area contributed by atoms with E-state index in [1.165, 1.54) is 12.8 Å². The van der Waals surface area contributed by atoms with Gasteiger partial charge in [-0.25, -0.2) is 49.4 Å². The van der Waals surface area contributed by atoms with Crippen molar-refractivity contribution < 1.29 is 14.4 Å². The van der Waals surface area contributed by atoms with Crippen molar-refractivity contribution in [2.75, 3.05) is 0 Å². The van der Waals surface area contributed by atoms with Crippen LogP contribution in [0.4, 0.5) is 14.4 Å². The number of urea groups is 3. The summed E-state index contributed by atoms with van der Waals surface area (Å²) in [5.41, 5.74) is 10.4. The summed E-state index contributed by atoms with van der Waals surface area (Å²) >= 11 is 0. The molecular formula is C7H28N12O3. The second kappa shape index (κ2) is 27.0. The molecule has 0 unspecified atom stereocenters. The van der Waals surface area contributed by atoms with Gasteiger partial charge in [-0.1, -0.05) is 26.7 Å². The molecule has 0 aromatic rings. The molecule has 0 saturated carbocycles. The number of nitrogens with two attached hydrogens (primary N) is 6. The quantitative estimate of drug-likeness (QED) is 0.126. The van der Waals surface area contributed by atoms with Crippen LogP contribution in [0, 0.1) is 0 Å². The van der Waals surface area contributed by atoms with Crippen molar-refractivity contribution in [2.45, 2.75) is 26.7 Å². The molecule has 0 atom stereocenters. The normalized spacial score (nSPS) is 7.09. The number of hydrazine groups is 6. The Hall–Kier alpha value is -2.43. The highest BCUT2D eigenvalue weighted by Gasteiger charge is 1.83. The fourth-order valence-electron chi connectivity index (χ4n) is 0.125. The number of amides is 6. The predicted molar refractivity (Wildman–Crippen MR) is 80.7 cm³/mol. The lowest BCUT2D eigenvalue weighted by molar-refractivity contribution is 0.240. The zero-order valence-corrected chi connectivity index (χ0v) is 12.6. The fraction of sp³-hybridized carbons (Fsp3) is 0.571. The summed E-state index contributed by atoms with van der Waals surface area (Å²) in [6.45, 7) is 4.36. The molecule has 0 aliphatic rings. The van der Waals surface area contributed by atoms with E-state index in [4.69, 9.17) is 0 Å². The molecular weight excluding hydrogens is 300 g/mol. The van der Waals surface area contributed by atoms with Crippen molar-refractivity contribution in [3.8, 4) is 0 Å². The lowest BCUT2D eigenvalue weighted by atomic mass is 10.4. The molecule has 6 amide bonds. The van der Waals surface area contributed by atoms with E-state index >= 15 is 0 Å². The van der Waals surface area contributed by atoms with Gasteiger partial charge in [-0.3, -0.25) is 32.6 Å². The van der Waals surface area contributed by atoms with Gasteiger partial charge >= 0.3 is 18.1 Å². The van der Waals surface area contributed by atoms with Crippen LogP contribution in [-0.4, -0.2) is 18.1 Å². The molecule has 18 N–H and O–H groups in total. The molecule has 0 bridgehead atoms. The summed E-state index contributed by atoms with van der Waals surface area (Å²) in [4.78, 5) is 29.1. The molecule has 0 aromatic carbocycles. The number of unbranched alkanes of at least 4 members (excludes halogenated alkanes) is 1. The number of hydrogen-bond acceptors (Lipinski definition) is 9. The summed E-state index contributed by atoms with van der Waals surface area (Å²) in [7, 11) is 0. The third-order valence-electron chi connectivity index (χ3n) is 1.29. The number of nitrogens with one attached hydrogen (secondary N) is 6. The topological polar surface area (TPSA) is 280 Å². The van der Waals surface area contributed by atoms with E-state index in [0.717, 1.165) is 0 Å². The van der Waals surface area contributed by atoms with Crippen molar-refractivity contribution in [1.82, 2.24) is 32.6 Å². The van der Waals surface area contributed by atoms with E-state index in [0.29, 0.717) is 0 Å². The molecule has 0 aromatic heterocycles. The van der Waals surface area contributed by atoms with Gasteiger partial charge in [0.1, 0.15) is 0 Å². The third-order valence-corrected chi connectivity index (χ3v) is 1.29.